The number of ether oxygens (including phenoxy) is 1. The van der Waals surface area contributed by atoms with Crippen molar-refractivity contribution in [2.75, 3.05) is 18.1 Å². The van der Waals surface area contributed by atoms with Gasteiger partial charge in [-0.25, -0.2) is 4.98 Å². The van der Waals surface area contributed by atoms with Gasteiger partial charge in [-0.2, -0.15) is 11.8 Å². The van der Waals surface area contributed by atoms with Gasteiger partial charge >= 0.3 is 0 Å². The van der Waals surface area contributed by atoms with Crippen molar-refractivity contribution in [2.45, 2.75) is 19.4 Å². The molecule has 1 atom stereocenters. The van der Waals surface area contributed by atoms with Crippen molar-refractivity contribution >= 4 is 24.0 Å². The molecule has 0 aliphatic carbocycles. The maximum Gasteiger partial charge on any atom is 0.138 e. The molecule has 1 aliphatic rings. The molecule has 1 aromatic rings. The Hall–Kier alpha value is -0.390. The molecule has 0 aromatic carbocycles. The molecule has 0 radical (unpaired) electrons. The van der Waals surface area contributed by atoms with Crippen molar-refractivity contribution in [3.05, 3.63) is 22.2 Å². The molecule has 0 bridgehead atoms. The van der Waals surface area contributed by atoms with E-state index >= 15 is 0 Å². The average Bonchev–Trinajstić information content (AvgIpc) is 2.29. The van der Waals surface area contributed by atoms with Crippen LogP contribution in [0.25, 0.3) is 0 Å². The first-order valence-corrected chi connectivity index (χ1v) is 6.65. The van der Waals surface area contributed by atoms with Crippen LogP contribution in [-0.4, -0.2) is 28.1 Å². The first-order valence-electron chi connectivity index (χ1n) is 5.09. The normalized spacial score (nSPS) is 21.5. The second-order valence-corrected chi connectivity index (χ2v) is 4.99. The number of aryl methyl sites for hydroxylation is 1. The minimum absolute atomic E-state index is 0.0805. The number of thioether (sulfide) groups is 1. The number of H-pyrrole nitrogens is 1. The lowest BCUT2D eigenvalue weighted by Gasteiger charge is -2.21. The highest BCUT2D eigenvalue weighted by Crippen LogP contribution is 2.24. The van der Waals surface area contributed by atoms with Crippen LogP contribution in [0.15, 0.2) is 6.07 Å². The summed E-state index contributed by atoms with van der Waals surface area (Å²) in [6, 6.07) is 1.91. The summed E-state index contributed by atoms with van der Waals surface area (Å²) in [5.74, 6) is 2.92. The maximum atomic E-state index is 5.66. The predicted octanol–water partition coefficient (Wildman–Crippen LogP) is 2.51. The van der Waals surface area contributed by atoms with E-state index in [2.05, 4.69) is 16.9 Å². The summed E-state index contributed by atoms with van der Waals surface area (Å²) in [6.45, 7) is 2.90. The van der Waals surface area contributed by atoms with Gasteiger partial charge in [0.15, 0.2) is 0 Å². The molecule has 2 heterocycles. The van der Waals surface area contributed by atoms with Crippen molar-refractivity contribution < 1.29 is 4.74 Å². The molecular weight excluding hydrogens is 228 g/mol. The third-order valence-electron chi connectivity index (χ3n) is 2.32. The first kappa shape index (κ1) is 11.1. The molecule has 1 aromatic heterocycles. The lowest BCUT2D eigenvalue weighted by Crippen LogP contribution is -2.18. The van der Waals surface area contributed by atoms with Crippen molar-refractivity contribution in [1.29, 1.82) is 0 Å². The molecule has 82 valence electrons. The summed E-state index contributed by atoms with van der Waals surface area (Å²) in [6.07, 6.45) is 1.02. The van der Waals surface area contributed by atoms with Crippen molar-refractivity contribution in [1.82, 2.24) is 9.97 Å². The van der Waals surface area contributed by atoms with Crippen LogP contribution in [0.1, 0.15) is 24.5 Å². The monoisotopic (exact) mass is 242 g/mol. The van der Waals surface area contributed by atoms with Crippen LogP contribution >= 0.6 is 24.0 Å². The molecule has 1 aliphatic heterocycles. The predicted molar refractivity (Wildman–Crippen MR) is 64.8 cm³/mol. The quantitative estimate of drug-likeness (QED) is 0.809. The van der Waals surface area contributed by atoms with Crippen LogP contribution in [0.4, 0.5) is 0 Å². The van der Waals surface area contributed by atoms with Crippen LogP contribution in [0, 0.1) is 4.64 Å². The maximum absolute atomic E-state index is 5.66. The van der Waals surface area contributed by atoms with Gasteiger partial charge in [0, 0.05) is 17.2 Å². The zero-order chi connectivity index (χ0) is 10.7. The van der Waals surface area contributed by atoms with E-state index in [0.29, 0.717) is 4.64 Å². The van der Waals surface area contributed by atoms with Gasteiger partial charge in [-0.3, -0.25) is 0 Å². The Bertz CT molecular complexity index is 385. The number of hydrogen-bond donors (Lipinski definition) is 1. The summed E-state index contributed by atoms with van der Waals surface area (Å²) in [5, 5.41) is 0. The SMILES string of the molecule is CCc1cc(=S)nc(C2CSCCO2)[nH]1. The van der Waals surface area contributed by atoms with Crippen LogP contribution in [-0.2, 0) is 11.2 Å². The van der Waals surface area contributed by atoms with Gasteiger partial charge in [0.2, 0.25) is 0 Å². The molecule has 0 saturated carbocycles. The van der Waals surface area contributed by atoms with E-state index in [1.54, 1.807) is 0 Å². The van der Waals surface area contributed by atoms with Gasteiger partial charge in [0.25, 0.3) is 0 Å². The number of aromatic amines is 1. The Balaban J connectivity index is 2.26. The first-order chi connectivity index (χ1) is 7.29. The van der Waals surface area contributed by atoms with E-state index in [4.69, 9.17) is 17.0 Å². The second kappa shape index (κ2) is 5.09. The number of hydrogen-bond acceptors (Lipinski definition) is 4. The Morgan fingerprint density at radius 1 is 1.73 bits per heavy atom. The molecule has 3 nitrogen and oxygen atoms in total. The fraction of sp³-hybridized carbons (Fsp3) is 0.600. The molecule has 1 fully saturated rings. The van der Waals surface area contributed by atoms with Crippen LogP contribution in [0.2, 0.25) is 0 Å². The smallest absolute Gasteiger partial charge is 0.138 e. The largest absolute Gasteiger partial charge is 0.369 e. The van der Waals surface area contributed by atoms with E-state index in [0.717, 1.165) is 36.1 Å². The summed E-state index contributed by atoms with van der Waals surface area (Å²) < 4.78 is 6.31. The Morgan fingerprint density at radius 3 is 3.27 bits per heavy atom. The van der Waals surface area contributed by atoms with Crippen molar-refractivity contribution in [2.24, 2.45) is 0 Å². The molecule has 0 spiro atoms. The molecular formula is C10H14N2OS2. The number of nitrogens with one attached hydrogen (secondary N) is 1. The van der Waals surface area contributed by atoms with Crippen LogP contribution in [0.5, 0.6) is 0 Å². The average molecular weight is 242 g/mol. The minimum atomic E-state index is 0.0805. The highest BCUT2D eigenvalue weighted by molar-refractivity contribution is 7.99. The van der Waals surface area contributed by atoms with Crippen molar-refractivity contribution in [3.8, 4) is 0 Å². The summed E-state index contributed by atoms with van der Waals surface area (Å²) in [4.78, 5) is 7.61. The summed E-state index contributed by atoms with van der Waals surface area (Å²) >= 11 is 7.03. The van der Waals surface area contributed by atoms with Crippen LogP contribution in [0.3, 0.4) is 0 Å². The molecule has 1 N–H and O–H groups in total. The molecule has 1 unspecified atom stereocenters. The van der Waals surface area contributed by atoms with Gasteiger partial charge in [-0.05, 0) is 12.5 Å². The fourth-order valence-corrected chi connectivity index (χ4v) is 2.61. The van der Waals surface area contributed by atoms with E-state index in [1.165, 1.54) is 0 Å². The zero-order valence-electron chi connectivity index (χ0n) is 8.66. The van der Waals surface area contributed by atoms with Crippen LogP contribution < -0.4 is 0 Å². The topological polar surface area (TPSA) is 37.9 Å². The Morgan fingerprint density at radius 2 is 2.60 bits per heavy atom. The minimum Gasteiger partial charge on any atom is -0.369 e. The second-order valence-electron chi connectivity index (χ2n) is 3.42. The third-order valence-corrected chi connectivity index (χ3v) is 3.52. The third kappa shape index (κ3) is 2.80. The molecule has 0 amide bonds. The van der Waals surface area contributed by atoms with E-state index in [-0.39, 0.29) is 6.10 Å². The van der Waals surface area contributed by atoms with E-state index in [1.807, 2.05) is 17.8 Å². The standard InChI is InChI=1S/C10H14N2OS2/c1-2-7-5-9(14)12-10(11-7)8-6-15-4-3-13-8/h5,8H,2-4,6H2,1H3,(H,11,12,14). The van der Waals surface area contributed by atoms with E-state index < -0.39 is 0 Å². The van der Waals surface area contributed by atoms with E-state index in [9.17, 15) is 0 Å². The van der Waals surface area contributed by atoms with Gasteiger partial charge < -0.3 is 9.72 Å². The Kier molecular flexibility index (Phi) is 3.77. The molecule has 15 heavy (non-hydrogen) atoms. The number of aromatic nitrogens is 2. The highest BCUT2D eigenvalue weighted by atomic mass is 32.2. The molecule has 5 heteroatoms. The summed E-state index contributed by atoms with van der Waals surface area (Å²) in [7, 11) is 0. The van der Waals surface area contributed by atoms with Gasteiger partial charge in [-0.1, -0.05) is 19.1 Å². The van der Waals surface area contributed by atoms with Gasteiger partial charge in [0.1, 0.15) is 16.6 Å². The Labute approximate surface area is 98.6 Å². The zero-order valence-corrected chi connectivity index (χ0v) is 10.3. The lowest BCUT2D eigenvalue weighted by molar-refractivity contribution is 0.0692. The van der Waals surface area contributed by atoms with Gasteiger partial charge in [0.05, 0.1) is 6.61 Å². The molecule has 1 saturated heterocycles. The fourth-order valence-electron chi connectivity index (χ4n) is 1.52. The van der Waals surface area contributed by atoms with Gasteiger partial charge in [-0.15, -0.1) is 0 Å². The lowest BCUT2D eigenvalue weighted by atomic mass is 10.3. The van der Waals surface area contributed by atoms with Crippen molar-refractivity contribution in [3.63, 3.8) is 0 Å². The number of nitrogens with zero attached hydrogens (tertiary/aromatic N) is 1. The summed E-state index contributed by atoms with van der Waals surface area (Å²) in [5.41, 5.74) is 1.13. The molecule has 2 rings (SSSR count). The highest BCUT2D eigenvalue weighted by Gasteiger charge is 2.18. The number of rotatable bonds is 2.